The highest BCUT2D eigenvalue weighted by atomic mass is 32.1. The van der Waals surface area contributed by atoms with Gasteiger partial charge >= 0.3 is 0 Å². The highest BCUT2D eigenvalue weighted by Gasteiger charge is 2.11. The molecule has 0 saturated carbocycles. The van der Waals surface area contributed by atoms with Gasteiger partial charge in [0.05, 0.1) is 11.4 Å². The van der Waals surface area contributed by atoms with Gasteiger partial charge in [0.15, 0.2) is 18.2 Å². The number of ether oxygens (including phenoxy) is 1. The van der Waals surface area contributed by atoms with Crippen LogP contribution in [0.5, 0.6) is 5.75 Å². The van der Waals surface area contributed by atoms with Gasteiger partial charge in [-0.3, -0.25) is 4.79 Å². The Morgan fingerprint density at radius 2 is 2.17 bits per heavy atom. The van der Waals surface area contributed by atoms with Gasteiger partial charge in [0.1, 0.15) is 0 Å². The number of nitrogens with zero attached hydrogens (tertiary/aromatic N) is 2. The zero-order chi connectivity index (χ0) is 16.1. The summed E-state index contributed by atoms with van der Waals surface area (Å²) in [6.45, 7) is -0.218. The monoisotopic (exact) mass is 333 g/mol. The third kappa shape index (κ3) is 3.92. The van der Waals surface area contributed by atoms with E-state index in [1.807, 2.05) is 17.5 Å². The van der Waals surface area contributed by atoms with Crippen LogP contribution in [0.3, 0.4) is 0 Å². The van der Waals surface area contributed by atoms with E-state index in [-0.39, 0.29) is 24.8 Å². The predicted octanol–water partition coefficient (Wildman–Crippen LogP) is 2.63. The molecule has 0 fully saturated rings. The number of hydrogen-bond donors (Lipinski definition) is 1. The zero-order valence-electron chi connectivity index (χ0n) is 11.9. The molecule has 1 aromatic carbocycles. The highest BCUT2D eigenvalue weighted by Crippen LogP contribution is 2.21. The second-order valence-electron chi connectivity index (χ2n) is 4.48. The maximum Gasteiger partial charge on any atom is 0.258 e. The molecule has 118 valence electrons. The highest BCUT2D eigenvalue weighted by molar-refractivity contribution is 7.13. The maximum absolute atomic E-state index is 13.3. The van der Waals surface area contributed by atoms with E-state index in [0.717, 1.165) is 4.88 Å². The number of aromatic nitrogens is 2. The van der Waals surface area contributed by atoms with Crippen LogP contribution in [0.15, 0.2) is 46.3 Å². The molecule has 2 heterocycles. The minimum Gasteiger partial charge on any atom is -0.481 e. The van der Waals surface area contributed by atoms with Gasteiger partial charge in [-0.25, -0.2) is 4.39 Å². The van der Waals surface area contributed by atoms with Crippen LogP contribution in [0.1, 0.15) is 5.89 Å². The molecule has 6 nitrogen and oxygen atoms in total. The summed E-state index contributed by atoms with van der Waals surface area (Å²) in [6, 6.07) is 9.65. The molecule has 0 saturated heterocycles. The largest absolute Gasteiger partial charge is 0.481 e. The van der Waals surface area contributed by atoms with Gasteiger partial charge in [-0.05, 0) is 23.6 Å². The SMILES string of the molecule is O=C(COc1ccccc1F)NCc1nc(-c2cccs2)no1. The Labute approximate surface area is 134 Å². The number of halogens is 1. The second kappa shape index (κ2) is 7.01. The fraction of sp³-hybridized carbons (Fsp3) is 0.133. The Morgan fingerprint density at radius 3 is 2.96 bits per heavy atom. The number of benzene rings is 1. The summed E-state index contributed by atoms with van der Waals surface area (Å²) in [4.78, 5) is 16.7. The molecule has 0 radical (unpaired) electrons. The van der Waals surface area contributed by atoms with Crippen molar-refractivity contribution in [2.24, 2.45) is 0 Å². The summed E-state index contributed by atoms with van der Waals surface area (Å²) in [6.07, 6.45) is 0. The number of para-hydroxylation sites is 1. The van der Waals surface area contributed by atoms with Crippen LogP contribution < -0.4 is 10.1 Å². The number of amides is 1. The van der Waals surface area contributed by atoms with E-state index in [1.54, 1.807) is 12.1 Å². The maximum atomic E-state index is 13.3. The van der Waals surface area contributed by atoms with Gasteiger partial charge in [0, 0.05) is 0 Å². The van der Waals surface area contributed by atoms with E-state index in [4.69, 9.17) is 9.26 Å². The Morgan fingerprint density at radius 1 is 1.30 bits per heavy atom. The van der Waals surface area contributed by atoms with Crippen molar-refractivity contribution in [3.63, 3.8) is 0 Å². The third-order valence-corrected chi connectivity index (χ3v) is 3.71. The molecule has 0 aliphatic carbocycles. The second-order valence-corrected chi connectivity index (χ2v) is 5.43. The molecule has 8 heteroatoms. The molecule has 1 N–H and O–H groups in total. The molecular formula is C15H12FN3O3S. The predicted molar refractivity (Wildman–Crippen MR) is 81.4 cm³/mol. The van der Waals surface area contributed by atoms with Gasteiger partial charge in [-0.2, -0.15) is 4.98 Å². The van der Waals surface area contributed by atoms with Crippen molar-refractivity contribution >= 4 is 17.2 Å². The number of carbonyl (C=O) groups excluding carboxylic acids is 1. The molecule has 0 atom stereocenters. The Bertz CT molecular complexity index is 789. The van der Waals surface area contributed by atoms with E-state index in [1.165, 1.54) is 23.5 Å². The fourth-order valence-corrected chi connectivity index (χ4v) is 2.41. The van der Waals surface area contributed by atoms with Gasteiger partial charge in [-0.1, -0.05) is 23.4 Å². The fourth-order valence-electron chi connectivity index (χ4n) is 1.76. The molecule has 0 bridgehead atoms. The van der Waals surface area contributed by atoms with Crippen LogP contribution in [-0.4, -0.2) is 22.7 Å². The van der Waals surface area contributed by atoms with Gasteiger partial charge < -0.3 is 14.6 Å². The molecule has 0 aliphatic heterocycles. The van der Waals surface area contributed by atoms with Crippen LogP contribution in [0, 0.1) is 5.82 Å². The minimum atomic E-state index is -0.516. The standard InChI is InChI=1S/C15H12FN3O3S/c16-10-4-1-2-5-11(10)21-9-13(20)17-8-14-18-15(19-22-14)12-6-3-7-23-12/h1-7H,8-9H2,(H,17,20). The summed E-state index contributed by atoms with van der Waals surface area (Å²) in [5.74, 6) is -0.137. The number of hydrogen-bond acceptors (Lipinski definition) is 6. The lowest BCUT2D eigenvalue weighted by atomic mass is 10.3. The molecule has 0 aliphatic rings. The smallest absolute Gasteiger partial charge is 0.258 e. The quantitative estimate of drug-likeness (QED) is 0.750. The average molecular weight is 333 g/mol. The lowest BCUT2D eigenvalue weighted by Crippen LogP contribution is -2.28. The lowest BCUT2D eigenvalue weighted by Gasteiger charge is -2.06. The van der Waals surface area contributed by atoms with E-state index >= 15 is 0 Å². The molecular weight excluding hydrogens is 321 g/mol. The zero-order valence-corrected chi connectivity index (χ0v) is 12.7. The molecule has 1 amide bonds. The van der Waals surface area contributed by atoms with Crippen molar-refractivity contribution in [3.05, 3.63) is 53.5 Å². The summed E-state index contributed by atoms with van der Waals surface area (Å²) in [7, 11) is 0. The normalized spacial score (nSPS) is 10.5. The molecule has 3 rings (SSSR count). The van der Waals surface area contributed by atoms with Crippen molar-refractivity contribution in [3.8, 4) is 16.5 Å². The minimum absolute atomic E-state index is 0.0282. The number of nitrogens with one attached hydrogen (secondary N) is 1. The van der Waals surface area contributed by atoms with Crippen LogP contribution >= 0.6 is 11.3 Å². The van der Waals surface area contributed by atoms with Crippen molar-refractivity contribution in [2.75, 3.05) is 6.61 Å². The Balaban J connectivity index is 1.49. The summed E-state index contributed by atoms with van der Waals surface area (Å²) in [5, 5.41) is 8.31. The van der Waals surface area contributed by atoms with E-state index in [0.29, 0.717) is 5.82 Å². The molecule has 3 aromatic rings. The van der Waals surface area contributed by atoms with Crippen molar-refractivity contribution < 1.29 is 18.4 Å². The third-order valence-electron chi connectivity index (χ3n) is 2.84. The topological polar surface area (TPSA) is 77.2 Å². The molecule has 23 heavy (non-hydrogen) atoms. The van der Waals surface area contributed by atoms with Crippen LogP contribution in [0.25, 0.3) is 10.7 Å². The Hall–Kier alpha value is -2.74. The summed E-state index contributed by atoms with van der Waals surface area (Å²) >= 11 is 1.49. The Kier molecular flexibility index (Phi) is 4.62. The van der Waals surface area contributed by atoms with Crippen molar-refractivity contribution in [1.82, 2.24) is 15.5 Å². The number of rotatable bonds is 6. The number of carbonyl (C=O) groups is 1. The number of thiophene rings is 1. The van der Waals surface area contributed by atoms with Crippen LogP contribution in [-0.2, 0) is 11.3 Å². The summed E-state index contributed by atoms with van der Waals surface area (Å²) < 4.78 is 23.5. The van der Waals surface area contributed by atoms with E-state index < -0.39 is 11.7 Å². The van der Waals surface area contributed by atoms with Gasteiger partial charge in [0.25, 0.3) is 5.91 Å². The average Bonchev–Trinajstić information content (AvgIpc) is 3.23. The van der Waals surface area contributed by atoms with Crippen LogP contribution in [0.4, 0.5) is 4.39 Å². The van der Waals surface area contributed by atoms with Gasteiger partial charge in [-0.15, -0.1) is 11.3 Å². The lowest BCUT2D eigenvalue weighted by molar-refractivity contribution is -0.123. The first-order valence-corrected chi connectivity index (χ1v) is 7.61. The molecule has 0 unspecified atom stereocenters. The first-order valence-electron chi connectivity index (χ1n) is 6.73. The van der Waals surface area contributed by atoms with Crippen molar-refractivity contribution in [1.29, 1.82) is 0 Å². The first-order chi connectivity index (χ1) is 11.2. The first kappa shape index (κ1) is 15.2. The van der Waals surface area contributed by atoms with Gasteiger partial charge in [0.2, 0.25) is 11.7 Å². The van der Waals surface area contributed by atoms with E-state index in [9.17, 15) is 9.18 Å². The van der Waals surface area contributed by atoms with E-state index in [2.05, 4.69) is 15.5 Å². The summed E-state index contributed by atoms with van der Waals surface area (Å²) in [5.41, 5.74) is 0. The molecule has 0 spiro atoms. The van der Waals surface area contributed by atoms with Crippen LogP contribution in [0.2, 0.25) is 0 Å². The molecule has 2 aromatic heterocycles. The van der Waals surface area contributed by atoms with Crippen molar-refractivity contribution in [2.45, 2.75) is 6.54 Å².